The fourth-order valence-electron chi connectivity index (χ4n) is 2.55. The summed E-state index contributed by atoms with van der Waals surface area (Å²) in [5.74, 6) is -3.48. The van der Waals surface area contributed by atoms with Crippen LogP contribution in [-0.4, -0.2) is 68.0 Å². The maximum Gasteiger partial charge on any atom is 0.372 e. The van der Waals surface area contributed by atoms with E-state index >= 15 is 0 Å². The topological polar surface area (TPSA) is 189 Å². The molecule has 0 radical (unpaired) electrons. The summed E-state index contributed by atoms with van der Waals surface area (Å²) in [7, 11) is 1.10. The number of ether oxygens (including phenoxy) is 5. The standard InChI is InChI=1S/C16H22N4O9/c1-7(21)26-6-12(27-8(2)22)14(28-9(3)23)15-13(17)10(19-20-18)5-11(29-15)16(24)25-4/h5,10,12-15H,6,17H2,1-4H3/t10-,12-,13+,14-,15+/m0/s1. The van der Waals surface area contributed by atoms with Gasteiger partial charge in [0.1, 0.15) is 6.61 Å². The van der Waals surface area contributed by atoms with Crippen molar-refractivity contribution in [3.05, 3.63) is 22.3 Å². The van der Waals surface area contributed by atoms with Crippen LogP contribution in [0.4, 0.5) is 0 Å². The Kier molecular flexibility index (Phi) is 8.90. The highest BCUT2D eigenvalue weighted by Gasteiger charge is 2.45. The number of carbonyl (C=O) groups is 4. The molecule has 0 saturated heterocycles. The molecule has 0 spiro atoms. The molecule has 0 amide bonds. The lowest BCUT2D eigenvalue weighted by molar-refractivity contribution is -0.187. The summed E-state index contributed by atoms with van der Waals surface area (Å²) in [6, 6.07) is -2.18. The zero-order valence-electron chi connectivity index (χ0n) is 16.3. The first-order valence-corrected chi connectivity index (χ1v) is 8.35. The van der Waals surface area contributed by atoms with Gasteiger partial charge in [0.2, 0.25) is 5.76 Å². The Labute approximate surface area is 165 Å². The smallest absolute Gasteiger partial charge is 0.372 e. The molecule has 0 aromatic rings. The van der Waals surface area contributed by atoms with Gasteiger partial charge < -0.3 is 29.4 Å². The van der Waals surface area contributed by atoms with E-state index in [0.717, 1.165) is 34.0 Å². The van der Waals surface area contributed by atoms with Crippen molar-refractivity contribution in [1.29, 1.82) is 0 Å². The van der Waals surface area contributed by atoms with Crippen molar-refractivity contribution in [3.8, 4) is 0 Å². The highest BCUT2D eigenvalue weighted by atomic mass is 16.6. The van der Waals surface area contributed by atoms with Gasteiger partial charge in [0.15, 0.2) is 18.3 Å². The van der Waals surface area contributed by atoms with E-state index in [4.69, 9.17) is 30.2 Å². The SMILES string of the molecule is COC(=O)C1=C[C@H](N=[N+]=[N-])[C@@H](N)[C@H]([C@@H](OC(C)=O)[C@H](COC(C)=O)OC(C)=O)O1. The second-order valence-electron chi connectivity index (χ2n) is 5.90. The molecule has 0 aromatic heterocycles. The van der Waals surface area contributed by atoms with E-state index in [-0.39, 0.29) is 5.76 Å². The number of nitrogens with two attached hydrogens (primary N) is 1. The van der Waals surface area contributed by atoms with Crippen LogP contribution in [0.25, 0.3) is 10.4 Å². The molecular weight excluding hydrogens is 392 g/mol. The van der Waals surface area contributed by atoms with Gasteiger partial charge >= 0.3 is 23.9 Å². The zero-order chi connectivity index (χ0) is 22.1. The number of nitrogens with zero attached hydrogens (tertiary/aromatic N) is 3. The van der Waals surface area contributed by atoms with Crippen LogP contribution in [0.5, 0.6) is 0 Å². The molecule has 0 saturated carbocycles. The molecule has 0 aliphatic carbocycles. The molecule has 1 aliphatic rings. The minimum absolute atomic E-state index is 0.345. The molecule has 0 aromatic carbocycles. The molecule has 0 unspecified atom stereocenters. The normalized spacial score (nSPS) is 22.5. The molecule has 13 heteroatoms. The van der Waals surface area contributed by atoms with Gasteiger partial charge in [-0.2, -0.15) is 0 Å². The van der Waals surface area contributed by atoms with Crippen LogP contribution in [0.15, 0.2) is 16.9 Å². The van der Waals surface area contributed by atoms with E-state index in [2.05, 4.69) is 14.8 Å². The first-order valence-electron chi connectivity index (χ1n) is 8.35. The maximum atomic E-state index is 11.9. The van der Waals surface area contributed by atoms with E-state index in [0.29, 0.717) is 0 Å². The minimum atomic E-state index is -1.41. The summed E-state index contributed by atoms with van der Waals surface area (Å²) >= 11 is 0. The van der Waals surface area contributed by atoms with Crippen LogP contribution in [-0.2, 0) is 42.9 Å². The zero-order valence-corrected chi connectivity index (χ0v) is 16.3. The van der Waals surface area contributed by atoms with Crippen LogP contribution in [0.2, 0.25) is 0 Å². The summed E-state index contributed by atoms with van der Waals surface area (Å²) in [5.41, 5.74) is 14.9. The second kappa shape index (κ2) is 10.9. The summed E-state index contributed by atoms with van der Waals surface area (Å²) in [4.78, 5) is 48.9. The summed E-state index contributed by atoms with van der Waals surface area (Å²) in [6.07, 6.45) is -2.88. The number of rotatable bonds is 8. The molecule has 1 heterocycles. The number of esters is 4. The van der Waals surface area contributed by atoms with Crippen molar-refractivity contribution in [2.24, 2.45) is 10.8 Å². The Hall–Kier alpha value is -3.31. The molecule has 5 atom stereocenters. The average molecular weight is 414 g/mol. The average Bonchev–Trinajstić information content (AvgIpc) is 2.64. The van der Waals surface area contributed by atoms with E-state index in [1.165, 1.54) is 0 Å². The Morgan fingerprint density at radius 3 is 2.31 bits per heavy atom. The predicted molar refractivity (Wildman–Crippen MR) is 93.6 cm³/mol. The lowest BCUT2D eigenvalue weighted by Crippen LogP contribution is -2.58. The van der Waals surface area contributed by atoms with Crippen molar-refractivity contribution in [2.45, 2.75) is 51.2 Å². The third-order valence-corrected chi connectivity index (χ3v) is 3.69. The summed E-state index contributed by atoms with van der Waals surface area (Å²) in [6.45, 7) is 2.82. The van der Waals surface area contributed by atoms with Gasteiger partial charge in [-0.25, -0.2) is 4.79 Å². The Balaban J connectivity index is 3.36. The van der Waals surface area contributed by atoms with Gasteiger partial charge in [0.05, 0.1) is 19.2 Å². The fourth-order valence-corrected chi connectivity index (χ4v) is 2.55. The quantitative estimate of drug-likeness (QED) is 0.184. The molecule has 13 nitrogen and oxygen atoms in total. The van der Waals surface area contributed by atoms with E-state index in [9.17, 15) is 19.2 Å². The van der Waals surface area contributed by atoms with Crippen LogP contribution in [0.3, 0.4) is 0 Å². The Bertz CT molecular complexity index is 732. The van der Waals surface area contributed by atoms with Gasteiger partial charge in [-0.3, -0.25) is 14.4 Å². The van der Waals surface area contributed by atoms with Crippen molar-refractivity contribution in [2.75, 3.05) is 13.7 Å². The minimum Gasteiger partial charge on any atom is -0.478 e. The van der Waals surface area contributed by atoms with Gasteiger partial charge in [-0.1, -0.05) is 5.11 Å². The van der Waals surface area contributed by atoms with E-state index in [1.54, 1.807) is 0 Å². The van der Waals surface area contributed by atoms with Crippen molar-refractivity contribution >= 4 is 23.9 Å². The maximum absolute atomic E-state index is 11.9. The van der Waals surface area contributed by atoms with E-state index < -0.39 is 60.9 Å². The number of azide groups is 1. The summed E-state index contributed by atoms with van der Waals surface area (Å²) in [5, 5.41) is 3.50. The Morgan fingerprint density at radius 2 is 1.83 bits per heavy atom. The third-order valence-electron chi connectivity index (χ3n) is 3.69. The largest absolute Gasteiger partial charge is 0.478 e. The first-order chi connectivity index (χ1) is 13.6. The molecular formula is C16H22N4O9. The van der Waals surface area contributed by atoms with Crippen LogP contribution < -0.4 is 5.73 Å². The van der Waals surface area contributed by atoms with Gasteiger partial charge in [-0.05, 0) is 11.6 Å². The van der Waals surface area contributed by atoms with Crippen LogP contribution in [0, 0.1) is 0 Å². The molecule has 1 rings (SSSR count). The Morgan fingerprint density at radius 1 is 1.21 bits per heavy atom. The molecule has 0 fully saturated rings. The number of hydrogen-bond donors (Lipinski definition) is 1. The van der Waals surface area contributed by atoms with Crippen LogP contribution in [0.1, 0.15) is 20.8 Å². The highest BCUT2D eigenvalue weighted by Crippen LogP contribution is 2.27. The van der Waals surface area contributed by atoms with Gasteiger partial charge in [0.25, 0.3) is 0 Å². The van der Waals surface area contributed by atoms with Gasteiger partial charge in [0, 0.05) is 25.7 Å². The van der Waals surface area contributed by atoms with Crippen LogP contribution >= 0.6 is 0 Å². The van der Waals surface area contributed by atoms with Crippen molar-refractivity contribution in [3.63, 3.8) is 0 Å². The van der Waals surface area contributed by atoms with Crippen molar-refractivity contribution in [1.82, 2.24) is 0 Å². The summed E-state index contributed by atoms with van der Waals surface area (Å²) < 4.78 is 25.3. The first kappa shape index (κ1) is 23.7. The second-order valence-corrected chi connectivity index (χ2v) is 5.90. The lowest BCUT2D eigenvalue weighted by atomic mass is 9.93. The lowest BCUT2D eigenvalue weighted by Gasteiger charge is -2.39. The monoisotopic (exact) mass is 414 g/mol. The number of methoxy groups -OCH3 is 1. The fraction of sp³-hybridized carbons (Fsp3) is 0.625. The van der Waals surface area contributed by atoms with Crippen molar-refractivity contribution < 1.29 is 42.9 Å². The predicted octanol–water partition coefficient (Wildman–Crippen LogP) is -0.125. The molecule has 160 valence electrons. The van der Waals surface area contributed by atoms with Gasteiger partial charge in [-0.15, -0.1) is 0 Å². The molecule has 1 aliphatic heterocycles. The van der Waals surface area contributed by atoms with E-state index in [1.807, 2.05) is 0 Å². The molecule has 29 heavy (non-hydrogen) atoms. The third kappa shape index (κ3) is 6.97. The highest BCUT2D eigenvalue weighted by molar-refractivity contribution is 5.86. The molecule has 0 bridgehead atoms. The number of hydrogen-bond acceptors (Lipinski definition) is 11. The number of carbonyl (C=O) groups excluding carboxylic acids is 4. The molecule has 2 N–H and O–H groups in total.